The van der Waals surface area contributed by atoms with E-state index in [9.17, 15) is 25.5 Å². The summed E-state index contributed by atoms with van der Waals surface area (Å²) in [6.45, 7) is 5.22. The summed E-state index contributed by atoms with van der Waals surface area (Å²) in [5.41, 5.74) is 0.834. The average molecular weight is 365 g/mol. The van der Waals surface area contributed by atoms with Gasteiger partial charge in [0.1, 0.15) is 11.2 Å². The lowest BCUT2D eigenvalue weighted by Crippen LogP contribution is -2.11. The van der Waals surface area contributed by atoms with Crippen LogP contribution in [0, 0.1) is 0 Å². The Labute approximate surface area is 136 Å². The Balaban J connectivity index is 2.74. The highest BCUT2D eigenvalue weighted by molar-refractivity contribution is 7.86. The molecule has 0 aliphatic heterocycles. The Hall–Kier alpha value is -1.97. The molecule has 1 heterocycles. The fourth-order valence-corrected chi connectivity index (χ4v) is 3.07. The molecule has 0 fully saturated rings. The van der Waals surface area contributed by atoms with Crippen LogP contribution in [0.3, 0.4) is 0 Å². The van der Waals surface area contributed by atoms with E-state index in [0.29, 0.717) is 5.56 Å². The van der Waals surface area contributed by atoms with Gasteiger partial charge in [0.15, 0.2) is 0 Å². The number of alkyl halides is 3. The van der Waals surface area contributed by atoms with Crippen LogP contribution in [0.1, 0.15) is 43.6 Å². The molecule has 1 aromatic carbocycles. The predicted octanol–water partition coefficient (Wildman–Crippen LogP) is 3.63. The number of aryl methyl sites for hydroxylation is 1. The van der Waals surface area contributed by atoms with E-state index >= 15 is 0 Å². The highest BCUT2D eigenvalue weighted by atomic mass is 32.3. The van der Waals surface area contributed by atoms with E-state index in [-0.39, 0.29) is 23.6 Å². The molecule has 24 heavy (non-hydrogen) atoms. The molecule has 132 valence electrons. The molecule has 0 radical (unpaired) electrons. The van der Waals surface area contributed by atoms with E-state index in [1.807, 2.05) is 0 Å². The maximum absolute atomic E-state index is 13.5. The van der Waals surface area contributed by atoms with Crippen molar-refractivity contribution in [2.75, 3.05) is 0 Å². The van der Waals surface area contributed by atoms with Crippen molar-refractivity contribution in [3.05, 3.63) is 35.4 Å². The molecule has 10 heteroatoms. The van der Waals surface area contributed by atoms with E-state index in [0.717, 1.165) is 17.1 Å². The third-order valence-corrected chi connectivity index (χ3v) is 4.37. The number of aromatic nitrogens is 3. The van der Waals surface area contributed by atoms with Gasteiger partial charge in [-0.2, -0.15) is 21.6 Å². The second-order valence-electron chi connectivity index (χ2n) is 5.48. The molecule has 2 rings (SSSR count). The van der Waals surface area contributed by atoms with Crippen LogP contribution in [-0.2, 0) is 22.8 Å². The molecule has 0 saturated carbocycles. The van der Waals surface area contributed by atoms with E-state index in [1.165, 1.54) is 6.07 Å². The topological polar surface area (TPSA) is 64.8 Å². The zero-order chi connectivity index (χ0) is 18.3. The largest absolute Gasteiger partial charge is 0.453 e. The molecule has 5 nitrogen and oxygen atoms in total. The summed E-state index contributed by atoms with van der Waals surface area (Å²) < 4.78 is 75.1. The number of hydrogen-bond acceptors (Lipinski definition) is 4. The second-order valence-corrected chi connectivity index (χ2v) is 6.79. The third-order valence-electron chi connectivity index (χ3n) is 3.47. The standard InChI is InChI=1S/C14H15F4N3O2S/c1-4-9-5-10(8(2)3)11(6-12(9)24(18,22)23)21-7-19-13(20-21)14(15,16)17/h5-8H,4H2,1-3H3. The smallest absolute Gasteiger partial charge is 0.220 e. The monoisotopic (exact) mass is 365 g/mol. The van der Waals surface area contributed by atoms with Crippen molar-refractivity contribution in [3.8, 4) is 5.69 Å². The van der Waals surface area contributed by atoms with Gasteiger partial charge in [-0.1, -0.05) is 26.8 Å². The maximum Gasteiger partial charge on any atom is 0.453 e. The summed E-state index contributed by atoms with van der Waals surface area (Å²) in [6.07, 6.45) is -3.66. The van der Waals surface area contributed by atoms with E-state index in [4.69, 9.17) is 0 Å². The molecule has 0 aliphatic carbocycles. The van der Waals surface area contributed by atoms with Crippen molar-refractivity contribution >= 4 is 10.2 Å². The lowest BCUT2D eigenvalue weighted by molar-refractivity contribution is -0.144. The van der Waals surface area contributed by atoms with Gasteiger partial charge in [0.05, 0.1) is 5.69 Å². The highest BCUT2D eigenvalue weighted by Crippen LogP contribution is 2.31. The number of nitrogens with zero attached hydrogens (tertiary/aromatic N) is 3. The minimum absolute atomic E-state index is 0.0430. The lowest BCUT2D eigenvalue weighted by Gasteiger charge is -2.16. The van der Waals surface area contributed by atoms with Gasteiger partial charge in [-0.3, -0.25) is 0 Å². The Morgan fingerprint density at radius 1 is 1.25 bits per heavy atom. The fourth-order valence-electron chi connectivity index (χ4n) is 2.31. The van der Waals surface area contributed by atoms with Crippen molar-refractivity contribution in [2.45, 2.75) is 44.2 Å². The van der Waals surface area contributed by atoms with Gasteiger partial charge in [-0.15, -0.1) is 8.98 Å². The van der Waals surface area contributed by atoms with Crippen molar-refractivity contribution in [1.29, 1.82) is 0 Å². The van der Waals surface area contributed by atoms with Crippen LogP contribution >= 0.6 is 0 Å². The minimum atomic E-state index is -5.02. The first-order chi connectivity index (χ1) is 10.9. The number of halogens is 4. The van der Waals surface area contributed by atoms with Gasteiger partial charge in [-0.25, -0.2) is 9.67 Å². The van der Waals surface area contributed by atoms with Crippen LogP contribution in [0.4, 0.5) is 17.1 Å². The molecule has 1 aromatic heterocycles. The van der Waals surface area contributed by atoms with Gasteiger partial charge in [0.2, 0.25) is 0 Å². The second kappa shape index (κ2) is 6.15. The number of rotatable bonds is 4. The molecule has 0 spiro atoms. The number of benzene rings is 1. The lowest BCUT2D eigenvalue weighted by atomic mass is 9.97. The van der Waals surface area contributed by atoms with Crippen LogP contribution in [0.15, 0.2) is 23.4 Å². The van der Waals surface area contributed by atoms with Crippen LogP contribution in [-0.4, -0.2) is 23.2 Å². The summed E-state index contributed by atoms with van der Waals surface area (Å²) in [4.78, 5) is 2.61. The summed E-state index contributed by atoms with van der Waals surface area (Å²) in [5.74, 6) is -1.51. The fraction of sp³-hybridized carbons (Fsp3) is 0.429. The number of hydrogen-bond donors (Lipinski definition) is 0. The van der Waals surface area contributed by atoms with E-state index < -0.39 is 27.1 Å². The van der Waals surface area contributed by atoms with Gasteiger partial charge < -0.3 is 0 Å². The summed E-state index contributed by atoms with van der Waals surface area (Å²) in [6, 6.07) is 2.47. The molecular weight excluding hydrogens is 350 g/mol. The van der Waals surface area contributed by atoms with Crippen molar-refractivity contribution in [3.63, 3.8) is 0 Å². The zero-order valence-electron chi connectivity index (χ0n) is 13.1. The van der Waals surface area contributed by atoms with Crippen molar-refractivity contribution in [2.24, 2.45) is 0 Å². The molecule has 0 saturated heterocycles. The van der Waals surface area contributed by atoms with Crippen LogP contribution in [0.2, 0.25) is 0 Å². The van der Waals surface area contributed by atoms with Gasteiger partial charge >= 0.3 is 16.4 Å². The van der Waals surface area contributed by atoms with Crippen molar-refractivity contribution in [1.82, 2.24) is 14.8 Å². The summed E-state index contributed by atoms with van der Waals surface area (Å²) in [5, 5.41) is 3.34. The molecule has 0 N–H and O–H groups in total. The van der Waals surface area contributed by atoms with Crippen LogP contribution in [0.25, 0.3) is 5.69 Å². The zero-order valence-corrected chi connectivity index (χ0v) is 13.9. The average Bonchev–Trinajstić information content (AvgIpc) is 2.94. The summed E-state index contributed by atoms with van der Waals surface area (Å²) >= 11 is 0. The highest BCUT2D eigenvalue weighted by Gasteiger charge is 2.36. The first-order valence-corrected chi connectivity index (χ1v) is 8.44. The van der Waals surface area contributed by atoms with Gasteiger partial charge in [0.25, 0.3) is 5.82 Å². The molecule has 0 amide bonds. The first-order valence-electron chi connectivity index (χ1n) is 7.05. The van der Waals surface area contributed by atoms with E-state index in [1.54, 1.807) is 20.8 Å². The predicted molar refractivity (Wildman–Crippen MR) is 78.1 cm³/mol. The molecule has 0 bridgehead atoms. The molecule has 0 atom stereocenters. The Kier molecular flexibility index (Phi) is 4.71. The van der Waals surface area contributed by atoms with Crippen LogP contribution in [0.5, 0.6) is 0 Å². The third kappa shape index (κ3) is 3.58. The maximum atomic E-state index is 13.5. The Morgan fingerprint density at radius 3 is 2.29 bits per heavy atom. The van der Waals surface area contributed by atoms with Gasteiger partial charge in [-0.05, 0) is 29.5 Å². The molecular formula is C14H15F4N3O2S. The van der Waals surface area contributed by atoms with Crippen molar-refractivity contribution < 1.29 is 25.5 Å². The SMILES string of the molecule is CCc1cc(C(C)C)c(-n2cnc(C(F)(F)F)n2)cc1S(=O)(=O)F. The normalized spacial score (nSPS) is 12.8. The molecule has 2 aromatic rings. The first kappa shape index (κ1) is 18.4. The summed E-state index contributed by atoms with van der Waals surface area (Å²) in [7, 11) is -5.02. The van der Waals surface area contributed by atoms with Crippen LogP contribution < -0.4 is 0 Å². The Morgan fingerprint density at radius 2 is 1.88 bits per heavy atom. The molecule has 0 aliphatic rings. The van der Waals surface area contributed by atoms with Gasteiger partial charge in [0, 0.05) is 0 Å². The van der Waals surface area contributed by atoms with E-state index in [2.05, 4.69) is 10.1 Å². The minimum Gasteiger partial charge on any atom is -0.220 e. The molecule has 0 unspecified atom stereocenters. The quantitative estimate of drug-likeness (QED) is 0.613. The Bertz CT molecular complexity index is 857.